The molecule has 0 bridgehead atoms. The van der Waals surface area contributed by atoms with Crippen LogP contribution in [0.25, 0.3) is 11.0 Å². The molecule has 2 aromatic heterocycles. The summed E-state index contributed by atoms with van der Waals surface area (Å²) in [5.41, 5.74) is 6.15. The fourth-order valence-corrected chi connectivity index (χ4v) is 1.23. The first-order valence-corrected chi connectivity index (χ1v) is 3.99. The van der Waals surface area contributed by atoms with Crippen LogP contribution in [0.2, 0.25) is 5.15 Å². The number of aromatic amines is 1. The Hall–Kier alpha value is -1.55. The van der Waals surface area contributed by atoms with Crippen molar-refractivity contribution in [3.8, 4) is 0 Å². The molecule has 2 rings (SSSR count). The molecule has 0 amide bonds. The predicted octanol–water partition coefficient (Wildman–Crippen LogP) is 1.16. The van der Waals surface area contributed by atoms with Gasteiger partial charge in [-0.1, -0.05) is 11.6 Å². The lowest BCUT2D eigenvalue weighted by Crippen LogP contribution is -2.10. The predicted molar refractivity (Wildman–Crippen MR) is 51.8 cm³/mol. The summed E-state index contributed by atoms with van der Waals surface area (Å²) in [6.45, 7) is 0. The average molecular weight is 196 g/mol. The summed E-state index contributed by atoms with van der Waals surface area (Å²) in [5.74, 6) is 0. The Kier molecular flexibility index (Phi) is 1.70. The second-order valence-corrected chi connectivity index (χ2v) is 2.99. The van der Waals surface area contributed by atoms with E-state index in [0.717, 1.165) is 0 Å². The molecule has 0 aromatic carbocycles. The molecule has 2 aromatic rings. The van der Waals surface area contributed by atoms with E-state index in [9.17, 15) is 4.79 Å². The molecule has 3 N–H and O–H groups in total. The topological polar surface area (TPSA) is 71.8 Å². The van der Waals surface area contributed by atoms with Crippen LogP contribution < -0.4 is 11.2 Å². The number of nitrogen functional groups attached to an aromatic ring is 1. The number of rotatable bonds is 0. The first-order chi connectivity index (χ1) is 6.18. The van der Waals surface area contributed by atoms with Gasteiger partial charge in [-0.05, 0) is 12.1 Å². The molecule has 0 saturated carbocycles. The minimum absolute atomic E-state index is 0.141. The van der Waals surface area contributed by atoms with Gasteiger partial charge in [0.05, 0.1) is 11.2 Å². The van der Waals surface area contributed by atoms with Crippen LogP contribution in [0.15, 0.2) is 23.1 Å². The van der Waals surface area contributed by atoms with E-state index in [1.54, 1.807) is 12.1 Å². The number of H-pyrrole nitrogens is 1. The van der Waals surface area contributed by atoms with E-state index in [1.807, 2.05) is 0 Å². The van der Waals surface area contributed by atoms with E-state index in [0.29, 0.717) is 5.52 Å². The third-order valence-corrected chi connectivity index (χ3v) is 1.93. The van der Waals surface area contributed by atoms with E-state index in [-0.39, 0.29) is 21.8 Å². The third kappa shape index (κ3) is 1.25. The molecule has 0 fully saturated rings. The number of nitrogens with one attached hydrogen (secondary N) is 1. The highest BCUT2D eigenvalue weighted by Crippen LogP contribution is 2.10. The summed E-state index contributed by atoms with van der Waals surface area (Å²) in [4.78, 5) is 18.1. The van der Waals surface area contributed by atoms with E-state index in [2.05, 4.69) is 9.97 Å². The quantitative estimate of drug-likeness (QED) is 0.620. The summed E-state index contributed by atoms with van der Waals surface area (Å²) in [6.07, 6.45) is 1.44. The number of hydrogen-bond acceptors (Lipinski definition) is 3. The van der Waals surface area contributed by atoms with Gasteiger partial charge in [0.1, 0.15) is 10.7 Å². The number of aromatic nitrogens is 2. The molecule has 0 aliphatic carbocycles. The average Bonchev–Trinajstić information content (AvgIpc) is 2.12. The van der Waals surface area contributed by atoms with Crippen LogP contribution in [-0.2, 0) is 0 Å². The van der Waals surface area contributed by atoms with Crippen LogP contribution in [0.5, 0.6) is 0 Å². The minimum atomic E-state index is -0.295. The van der Waals surface area contributed by atoms with Crippen molar-refractivity contribution in [1.82, 2.24) is 9.97 Å². The van der Waals surface area contributed by atoms with Crippen LogP contribution in [0, 0.1) is 0 Å². The number of anilines is 1. The van der Waals surface area contributed by atoms with Crippen molar-refractivity contribution in [2.24, 2.45) is 0 Å². The third-order valence-electron chi connectivity index (χ3n) is 1.72. The lowest BCUT2D eigenvalue weighted by Gasteiger charge is -1.97. The Morgan fingerprint density at radius 1 is 1.46 bits per heavy atom. The van der Waals surface area contributed by atoms with E-state index in [1.165, 1.54) is 6.20 Å². The molecule has 0 radical (unpaired) electrons. The van der Waals surface area contributed by atoms with Crippen LogP contribution in [0.3, 0.4) is 0 Å². The van der Waals surface area contributed by atoms with Gasteiger partial charge in [0.25, 0.3) is 0 Å². The van der Waals surface area contributed by atoms with Crippen molar-refractivity contribution >= 4 is 28.3 Å². The molecule has 4 nitrogen and oxygen atoms in total. The van der Waals surface area contributed by atoms with Crippen molar-refractivity contribution in [3.63, 3.8) is 0 Å². The monoisotopic (exact) mass is 195 g/mol. The van der Waals surface area contributed by atoms with Crippen LogP contribution in [0.4, 0.5) is 5.69 Å². The Bertz CT molecular complexity index is 515. The van der Waals surface area contributed by atoms with Crippen molar-refractivity contribution in [3.05, 3.63) is 33.7 Å². The van der Waals surface area contributed by atoms with Gasteiger partial charge >= 0.3 is 0 Å². The molecule has 0 aliphatic rings. The highest BCUT2D eigenvalue weighted by molar-refractivity contribution is 6.29. The number of hydrogen-bond donors (Lipinski definition) is 2. The molecule has 66 valence electrons. The Labute approximate surface area is 78.4 Å². The summed E-state index contributed by atoms with van der Waals surface area (Å²) in [6, 6.07) is 3.29. The van der Waals surface area contributed by atoms with Crippen LogP contribution >= 0.6 is 11.6 Å². The zero-order chi connectivity index (χ0) is 9.42. The summed E-state index contributed by atoms with van der Waals surface area (Å²) in [7, 11) is 0. The maximum absolute atomic E-state index is 11.4. The van der Waals surface area contributed by atoms with E-state index in [4.69, 9.17) is 17.3 Å². The molecular weight excluding hydrogens is 190 g/mol. The minimum Gasteiger partial charge on any atom is -0.394 e. The fraction of sp³-hybridized carbons (Fsp3) is 0. The lowest BCUT2D eigenvalue weighted by molar-refractivity contribution is 1.32. The maximum Gasteiger partial charge on any atom is 0.230 e. The van der Waals surface area contributed by atoms with Crippen molar-refractivity contribution < 1.29 is 0 Å². The normalized spacial score (nSPS) is 10.5. The fourth-order valence-electron chi connectivity index (χ4n) is 1.08. The highest BCUT2D eigenvalue weighted by Gasteiger charge is 2.03. The van der Waals surface area contributed by atoms with E-state index < -0.39 is 0 Å². The Balaban J connectivity index is 2.97. The van der Waals surface area contributed by atoms with Gasteiger partial charge in [0, 0.05) is 6.20 Å². The number of nitrogens with two attached hydrogens (primary N) is 1. The van der Waals surface area contributed by atoms with Crippen molar-refractivity contribution in [2.75, 3.05) is 5.73 Å². The number of pyridine rings is 2. The molecule has 13 heavy (non-hydrogen) atoms. The molecule has 0 spiro atoms. The van der Waals surface area contributed by atoms with Crippen LogP contribution in [0.1, 0.15) is 0 Å². The van der Waals surface area contributed by atoms with Crippen molar-refractivity contribution in [2.45, 2.75) is 0 Å². The zero-order valence-corrected chi connectivity index (χ0v) is 7.30. The summed E-state index contributed by atoms with van der Waals surface area (Å²) < 4.78 is 0. The second kappa shape index (κ2) is 2.74. The van der Waals surface area contributed by atoms with Crippen LogP contribution in [-0.4, -0.2) is 9.97 Å². The van der Waals surface area contributed by atoms with Crippen molar-refractivity contribution in [1.29, 1.82) is 0 Å². The van der Waals surface area contributed by atoms with Gasteiger partial charge in [0.15, 0.2) is 0 Å². The lowest BCUT2D eigenvalue weighted by atomic mass is 10.3. The zero-order valence-electron chi connectivity index (χ0n) is 6.54. The van der Waals surface area contributed by atoms with Gasteiger partial charge in [0.2, 0.25) is 5.43 Å². The Morgan fingerprint density at radius 3 is 3.00 bits per heavy atom. The van der Waals surface area contributed by atoms with Gasteiger partial charge in [-0.3, -0.25) is 4.79 Å². The van der Waals surface area contributed by atoms with Gasteiger partial charge in [-0.2, -0.15) is 0 Å². The largest absolute Gasteiger partial charge is 0.394 e. The molecule has 0 aliphatic heterocycles. The Morgan fingerprint density at radius 2 is 2.23 bits per heavy atom. The summed E-state index contributed by atoms with van der Waals surface area (Å²) >= 11 is 5.64. The highest BCUT2D eigenvalue weighted by atomic mass is 35.5. The SMILES string of the molecule is Nc1c[nH]c2ccc(Cl)nc2c1=O. The van der Waals surface area contributed by atoms with E-state index >= 15 is 0 Å². The van der Waals surface area contributed by atoms with Gasteiger partial charge in [-0.15, -0.1) is 0 Å². The molecule has 0 atom stereocenters. The number of halogens is 1. The first kappa shape index (κ1) is 8.07. The molecule has 0 unspecified atom stereocenters. The smallest absolute Gasteiger partial charge is 0.230 e. The van der Waals surface area contributed by atoms with Gasteiger partial charge in [-0.25, -0.2) is 4.98 Å². The number of fused-ring (bicyclic) bond motifs is 1. The summed E-state index contributed by atoms with van der Waals surface area (Å²) in [5, 5.41) is 0.281. The molecule has 0 saturated heterocycles. The molecule has 5 heteroatoms. The van der Waals surface area contributed by atoms with Gasteiger partial charge < -0.3 is 10.7 Å². The standard InChI is InChI=1S/C8H6ClN3O/c9-6-2-1-5-7(12-6)8(13)4(10)3-11-5/h1-3H,10H2,(H,11,13). The maximum atomic E-state index is 11.4. The molecule has 2 heterocycles. The first-order valence-electron chi connectivity index (χ1n) is 3.62. The second-order valence-electron chi connectivity index (χ2n) is 2.60. The number of nitrogens with zero attached hydrogens (tertiary/aromatic N) is 1. The molecular formula is C8H6ClN3O.